The van der Waals surface area contributed by atoms with E-state index in [0.717, 1.165) is 10.9 Å². The molecule has 0 radical (unpaired) electrons. The fourth-order valence-electron chi connectivity index (χ4n) is 3.02. The maximum atomic E-state index is 12.6. The Morgan fingerprint density at radius 2 is 1.67 bits per heavy atom. The van der Waals surface area contributed by atoms with Crippen LogP contribution in [0, 0.1) is 0 Å². The fourth-order valence-corrected chi connectivity index (χ4v) is 3.02. The van der Waals surface area contributed by atoms with E-state index in [0.29, 0.717) is 28.3 Å². The van der Waals surface area contributed by atoms with Crippen molar-refractivity contribution >= 4 is 40.0 Å². The Kier molecular flexibility index (Phi) is 5.34. The number of rotatable bonds is 5. The molecule has 4 aromatic rings. The maximum absolute atomic E-state index is 12.6. The molecule has 0 fully saturated rings. The molecule has 4 rings (SSSR count). The van der Waals surface area contributed by atoms with E-state index in [2.05, 4.69) is 20.6 Å². The van der Waals surface area contributed by atoms with Gasteiger partial charge in [-0.05, 0) is 36.4 Å². The molecule has 0 spiro atoms. The largest absolute Gasteiger partial charge is 0.465 e. The Labute approximate surface area is 172 Å². The lowest BCUT2D eigenvalue weighted by Crippen LogP contribution is -2.13. The van der Waals surface area contributed by atoms with Gasteiger partial charge in [0.05, 0.1) is 35.1 Å². The van der Waals surface area contributed by atoms with Crippen molar-refractivity contribution in [1.29, 1.82) is 0 Å². The maximum Gasteiger partial charge on any atom is 0.339 e. The molecule has 0 saturated carbocycles. The van der Waals surface area contributed by atoms with Gasteiger partial charge in [0.15, 0.2) is 0 Å². The van der Waals surface area contributed by atoms with Crippen LogP contribution in [0.1, 0.15) is 20.7 Å². The topological polar surface area (TPSA) is 93.2 Å². The number of hydrogen-bond donors (Lipinski definition) is 2. The van der Waals surface area contributed by atoms with Crippen LogP contribution in [-0.4, -0.2) is 29.0 Å². The van der Waals surface area contributed by atoms with Crippen molar-refractivity contribution in [3.8, 4) is 0 Å². The quantitative estimate of drug-likeness (QED) is 0.484. The van der Waals surface area contributed by atoms with E-state index in [-0.39, 0.29) is 5.91 Å². The second-order valence-corrected chi connectivity index (χ2v) is 6.43. The molecule has 0 aliphatic carbocycles. The number of amides is 1. The number of nitrogens with one attached hydrogen (secondary N) is 2. The summed E-state index contributed by atoms with van der Waals surface area (Å²) in [5.41, 5.74) is 2.71. The van der Waals surface area contributed by atoms with E-state index in [1.807, 2.05) is 24.3 Å². The van der Waals surface area contributed by atoms with Gasteiger partial charge in [0.25, 0.3) is 5.91 Å². The number of anilines is 3. The Bertz CT molecular complexity index is 1220. The average Bonchev–Trinajstić information content (AvgIpc) is 2.79. The fraction of sp³-hybridized carbons (Fsp3) is 0.0435. The summed E-state index contributed by atoms with van der Waals surface area (Å²) in [6.07, 6.45) is 3.16. The number of aromatic nitrogens is 2. The van der Waals surface area contributed by atoms with E-state index < -0.39 is 5.97 Å². The number of nitrogens with zero attached hydrogens (tertiary/aromatic N) is 2. The molecule has 7 nitrogen and oxygen atoms in total. The minimum Gasteiger partial charge on any atom is -0.465 e. The van der Waals surface area contributed by atoms with Gasteiger partial charge in [0, 0.05) is 17.8 Å². The van der Waals surface area contributed by atoms with E-state index in [1.165, 1.54) is 13.3 Å². The van der Waals surface area contributed by atoms with Gasteiger partial charge in [-0.25, -0.2) is 9.78 Å². The van der Waals surface area contributed by atoms with Crippen LogP contribution in [0.5, 0.6) is 0 Å². The minimum absolute atomic E-state index is 0.290. The second-order valence-electron chi connectivity index (χ2n) is 6.43. The van der Waals surface area contributed by atoms with Gasteiger partial charge in [0.1, 0.15) is 5.82 Å². The van der Waals surface area contributed by atoms with Crippen LogP contribution in [0.25, 0.3) is 10.9 Å². The summed E-state index contributed by atoms with van der Waals surface area (Å²) in [5, 5.41) is 6.90. The number of benzene rings is 2. The molecule has 30 heavy (non-hydrogen) atoms. The molecule has 2 aromatic carbocycles. The van der Waals surface area contributed by atoms with Crippen molar-refractivity contribution in [2.24, 2.45) is 0 Å². The number of ether oxygens (including phenoxy) is 1. The Hall–Kier alpha value is -4.26. The summed E-state index contributed by atoms with van der Waals surface area (Å²) in [6, 6.07) is 19.7. The van der Waals surface area contributed by atoms with Crippen LogP contribution >= 0.6 is 0 Å². The second kappa shape index (κ2) is 8.40. The zero-order valence-electron chi connectivity index (χ0n) is 16.1. The number of carbonyl (C=O) groups excluding carboxylic acids is 2. The van der Waals surface area contributed by atoms with Crippen LogP contribution in [0.4, 0.5) is 17.2 Å². The highest BCUT2D eigenvalue weighted by Gasteiger charge is 2.13. The average molecular weight is 398 g/mol. The highest BCUT2D eigenvalue weighted by Crippen LogP contribution is 2.23. The first kappa shape index (κ1) is 19.1. The lowest BCUT2D eigenvalue weighted by atomic mass is 10.1. The summed E-state index contributed by atoms with van der Waals surface area (Å²) < 4.78 is 4.79. The summed E-state index contributed by atoms with van der Waals surface area (Å²) in [5.74, 6) is -0.241. The molecule has 0 aliphatic rings. The lowest BCUT2D eigenvalue weighted by Gasteiger charge is -2.11. The van der Waals surface area contributed by atoms with E-state index in [9.17, 15) is 9.59 Å². The lowest BCUT2D eigenvalue weighted by molar-refractivity contribution is 0.0601. The molecule has 2 heterocycles. The number of hydrogen-bond acceptors (Lipinski definition) is 6. The first-order valence-corrected chi connectivity index (χ1v) is 9.21. The van der Waals surface area contributed by atoms with Crippen molar-refractivity contribution in [3.63, 3.8) is 0 Å². The van der Waals surface area contributed by atoms with Gasteiger partial charge < -0.3 is 15.4 Å². The molecule has 0 atom stereocenters. The van der Waals surface area contributed by atoms with Gasteiger partial charge in [-0.15, -0.1) is 0 Å². The number of para-hydroxylation sites is 2. The van der Waals surface area contributed by atoms with Crippen LogP contribution < -0.4 is 10.6 Å². The zero-order chi connectivity index (χ0) is 20.9. The van der Waals surface area contributed by atoms with Crippen LogP contribution in [0.3, 0.4) is 0 Å². The molecule has 0 saturated heterocycles. The Morgan fingerprint density at radius 3 is 2.47 bits per heavy atom. The van der Waals surface area contributed by atoms with Gasteiger partial charge in [-0.2, -0.15) is 0 Å². The summed E-state index contributed by atoms with van der Waals surface area (Å²) >= 11 is 0. The van der Waals surface area contributed by atoms with Crippen LogP contribution in [0.15, 0.2) is 79.1 Å². The third-order valence-corrected chi connectivity index (χ3v) is 4.50. The number of carbonyl (C=O) groups is 2. The molecular weight excluding hydrogens is 380 g/mol. The first-order chi connectivity index (χ1) is 14.7. The van der Waals surface area contributed by atoms with Gasteiger partial charge in [0.2, 0.25) is 0 Å². The third-order valence-electron chi connectivity index (χ3n) is 4.50. The Morgan fingerprint density at radius 1 is 0.867 bits per heavy atom. The third kappa shape index (κ3) is 3.95. The molecule has 2 aromatic heterocycles. The van der Waals surface area contributed by atoms with Crippen molar-refractivity contribution in [3.05, 3.63) is 90.3 Å². The smallest absolute Gasteiger partial charge is 0.339 e. The van der Waals surface area contributed by atoms with Crippen LogP contribution in [0.2, 0.25) is 0 Å². The molecule has 7 heteroatoms. The van der Waals surface area contributed by atoms with Crippen LogP contribution in [-0.2, 0) is 4.74 Å². The molecular formula is C23H18N4O3. The minimum atomic E-state index is -0.446. The van der Waals surface area contributed by atoms with E-state index >= 15 is 0 Å². The summed E-state index contributed by atoms with van der Waals surface area (Å²) in [6.45, 7) is 0. The molecule has 0 bridgehead atoms. The molecule has 0 aliphatic heterocycles. The molecule has 2 N–H and O–H groups in total. The van der Waals surface area contributed by atoms with Gasteiger partial charge in [-0.3, -0.25) is 9.78 Å². The van der Waals surface area contributed by atoms with E-state index in [4.69, 9.17) is 4.74 Å². The number of fused-ring (bicyclic) bond motifs is 1. The molecule has 1 amide bonds. The molecule has 0 unspecified atom stereocenters. The number of methoxy groups -OCH3 is 1. The zero-order valence-corrected chi connectivity index (χ0v) is 16.1. The van der Waals surface area contributed by atoms with Gasteiger partial charge >= 0.3 is 5.97 Å². The monoisotopic (exact) mass is 398 g/mol. The normalized spacial score (nSPS) is 10.4. The summed E-state index contributed by atoms with van der Waals surface area (Å²) in [7, 11) is 1.33. The van der Waals surface area contributed by atoms with Gasteiger partial charge in [-0.1, -0.05) is 30.3 Å². The number of pyridine rings is 2. The SMILES string of the molecule is COC(=O)c1ccccc1Nc1ccc(C(=O)Nc2cccc3cccnc23)cn1. The standard InChI is InChI=1S/C23H18N4O3/c1-30-23(29)17-8-2-3-9-18(17)26-20-12-11-16(14-25-20)22(28)27-19-10-4-6-15-7-5-13-24-21(15)19/h2-14H,1H3,(H,25,26)(H,27,28). The molecule has 148 valence electrons. The van der Waals surface area contributed by atoms with E-state index in [1.54, 1.807) is 48.7 Å². The highest BCUT2D eigenvalue weighted by atomic mass is 16.5. The van der Waals surface area contributed by atoms with Crippen molar-refractivity contribution in [2.75, 3.05) is 17.7 Å². The van der Waals surface area contributed by atoms with Crippen molar-refractivity contribution in [1.82, 2.24) is 9.97 Å². The first-order valence-electron chi connectivity index (χ1n) is 9.21. The highest BCUT2D eigenvalue weighted by molar-refractivity contribution is 6.08. The van der Waals surface area contributed by atoms with Crippen molar-refractivity contribution < 1.29 is 14.3 Å². The predicted molar refractivity (Wildman–Crippen MR) is 115 cm³/mol. The Balaban J connectivity index is 1.51. The predicted octanol–water partition coefficient (Wildman–Crippen LogP) is 4.41. The van der Waals surface area contributed by atoms with Crippen molar-refractivity contribution in [2.45, 2.75) is 0 Å². The summed E-state index contributed by atoms with van der Waals surface area (Å²) in [4.78, 5) is 33.2. The number of esters is 1.